The lowest BCUT2D eigenvalue weighted by molar-refractivity contribution is 0.426. The van der Waals surface area contributed by atoms with Crippen molar-refractivity contribution in [2.45, 2.75) is 17.4 Å². The lowest BCUT2D eigenvalue weighted by Gasteiger charge is -1.97. The summed E-state index contributed by atoms with van der Waals surface area (Å²) in [6, 6.07) is 4.02. The van der Waals surface area contributed by atoms with Crippen LogP contribution in [0.15, 0.2) is 34.2 Å². The van der Waals surface area contributed by atoms with Crippen LogP contribution in [0.1, 0.15) is 11.5 Å². The Morgan fingerprint density at radius 2 is 2.29 bits per heavy atom. The van der Waals surface area contributed by atoms with E-state index >= 15 is 0 Å². The third-order valence-corrected chi connectivity index (χ3v) is 3.41. The van der Waals surface area contributed by atoms with E-state index in [1.807, 2.05) is 18.5 Å². The minimum absolute atomic E-state index is 0.651. The Bertz CT molecular complexity index is 447. The average molecular weight is 267 g/mol. The van der Waals surface area contributed by atoms with Gasteiger partial charge in [-0.1, -0.05) is 17.8 Å². The molecule has 0 aliphatic rings. The van der Waals surface area contributed by atoms with E-state index in [1.165, 1.54) is 5.56 Å². The van der Waals surface area contributed by atoms with Gasteiger partial charge in [-0.3, -0.25) is 4.98 Å². The summed E-state index contributed by atoms with van der Waals surface area (Å²) in [7, 11) is 0. The fourth-order valence-corrected chi connectivity index (χ4v) is 2.41. The van der Waals surface area contributed by atoms with Gasteiger partial charge in [-0.15, -0.1) is 10.2 Å². The monoisotopic (exact) mass is 267 g/mol. The van der Waals surface area contributed by atoms with Crippen LogP contribution in [0, 0.1) is 0 Å². The van der Waals surface area contributed by atoms with Crippen molar-refractivity contribution < 1.29 is 4.42 Å². The zero-order valence-electron chi connectivity index (χ0n) is 9.50. The van der Waals surface area contributed by atoms with Crippen LogP contribution >= 0.6 is 23.5 Å². The highest BCUT2D eigenvalue weighted by Crippen LogP contribution is 2.18. The predicted octanol–water partition coefficient (Wildman–Crippen LogP) is 2.66. The molecule has 2 aromatic rings. The number of hydrogen-bond acceptors (Lipinski definition) is 6. The smallest absolute Gasteiger partial charge is 0.276 e. The van der Waals surface area contributed by atoms with Crippen LogP contribution in [0.4, 0.5) is 0 Å². The predicted molar refractivity (Wildman–Crippen MR) is 70.2 cm³/mol. The van der Waals surface area contributed by atoms with Gasteiger partial charge in [0, 0.05) is 18.1 Å². The third kappa shape index (κ3) is 4.05. The van der Waals surface area contributed by atoms with Crippen molar-refractivity contribution in [3.63, 3.8) is 0 Å². The summed E-state index contributed by atoms with van der Waals surface area (Å²) < 4.78 is 5.47. The van der Waals surface area contributed by atoms with Crippen LogP contribution < -0.4 is 0 Å². The van der Waals surface area contributed by atoms with Crippen molar-refractivity contribution in [2.24, 2.45) is 0 Å². The van der Waals surface area contributed by atoms with Crippen LogP contribution in [0.3, 0.4) is 0 Å². The summed E-state index contributed by atoms with van der Waals surface area (Å²) >= 11 is 3.26. The first-order valence-electron chi connectivity index (χ1n) is 5.21. The fourth-order valence-electron chi connectivity index (χ4n) is 1.28. The van der Waals surface area contributed by atoms with E-state index in [-0.39, 0.29) is 0 Å². The first kappa shape index (κ1) is 12.4. The molecule has 6 heteroatoms. The van der Waals surface area contributed by atoms with E-state index in [0.717, 1.165) is 17.9 Å². The molecule has 90 valence electrons. The molecule has 4 nitrogen and oxygen atoms in total. The molecule has 2 heterocycles. The van der Waals surface area contributed by atoms with Crippen LogP contribution in [0.2, 0.25) is 0 Å². The van der Waals surface area contributed by atoms with Crippen molar-refractivity contribution in [1.82, 2.24) is 15.2 Å². The maximum absolute atomic E-state index is 5.47. The quantitative estimate of drug-likeness (QED) is 0.750. The van der Waals surface area contributed by atoms with Gasteiger partial charge in [0.25, 0.3) is 5.22 Å². The molecule has 0 fully saturated rings. The van der Waals surface area contributed by atoms with Crippen molar-refractivity contribution in [3.8, 4) is 0 Å². The van der Waals surface area contributed by atoms with E-state index in [4.69, 9.17) is 4.42 Å². The van der Waals surface area contributed by atoms with Gasteiger partial charge in [-0.05, 0) is 24.3 Å². The minimum atomic E-state index is 0.651. The third-order valence-electron chi connectivity index (χ3n) is 2.06. The summed E-state index contributed by atoms with van der Waals surface area (Å²) in [5.74, 6) is 2.39. The molecule has 17 heavy (non-hydrogen) atoms. The Labute approximate surface area is 109 Å². The van der Waals surface area contributed by atoms with E-state index in [0.29, 0.717) is 11.1 Å². The summed E-state index contributed by atoms with van der Waals surface area (Å²) in [4.78, 5) is 4.08. The Morgan fingerprint density at radius 1 is 1.35 bits per heavy atom. The van der Waals surface area contributed by atoms with Crippen LogP contribution in [-0.2, 0) is 12.2 Å². The summed E-state index contributed by atoms with van der Waals surface area (Å²) in [5, 5.41) is 8.60. The molecule has 0 aliphatic heterocycles. The summed E-state index contributed by atoms with van der Waals surface area (Å²) in [6.45, 7) is 0. The number of aromatic nitrogens is 3. The van der Waals surface area contributed by atoms with Gasteiger partial charge in [0.15, 0.2) is 0 Å². The highest BCUT2D eigenvalue weighted by molar-refractivity contribution is 7.99. The maximum Gasteiger partial charge on any atom is 0.276 e. The van der Waals surface area contributed by atoms with Crippen molar-refractivity contribution in [2.75, 3.05) is 12.0 Å². The number of nitrogens with zero attached hydrogens (tertiary/aromatic N) is 3. The lowest BCUT2D eigenvalue weighted by Crippen LogP contribution is -1.88. The van der Waals surface area contributed by atoms with Crippen LogP contribution in [-0.4, -0.2) is 27.2 Å². The molecule has 0 amide bonds. The molecule has 0 unspecified atom stereocenters. The van der Waals surface area contributed by atoms with Gasteiger partial charge in [-0.2, -0.15) is 11.8 Å². The Morgan fingerprint density at radius 3 is 3.06 bits per heavy atom. The first-order valence-corrected chi connectivity index (χ1v) is 7.59. The molecule has 0 bridgehead atoms. The second kappa shape index (κ2) is 6.66. The van der Waals surface area contributed by atoms with Gasteiger partial charge in [-0.25, -0.2) is 0 Å². The standard InChI is InChI=1S/C11H13N3OS2/c1-16-8-10-13-14-11(15-10)17-6-4-9-3-2-5-12-7-9/h2-3,5,7H,4,6,8H2,1H3. The van der Waals surface area contributed by atoms with Crippen molar-refractivity contribution in [1.29, 1.82) is 0 Å². The molecule has 2 rings (SSSR count). The van der Waals surface area contributed by atoms with E-state index in [9.17, 15) is 0 Å². The molecule has 0 aromatic carbocycles. The second-order valence-electron chi connectivity index (χ2n) is 3.35. The SMILES string of the molecule is CSCc1nnc(SCCc2cccnc2)o1. The number of aryl methyl sites for hydroxylation is 1. The summed E-state index contributed by atoms with van der Waals surface area (Å²) in [6.07, 6.45) is 6.63. The van der Waals surface area contributed by atoms with Gasteiger partial charge >= 0.3 is 0 Å². The number of thioether (sulfide) groups is 2. The number of hydrogen-bond donors (Lipinski definition) is 0. The van der Waals surface area contributed by atoms with Crippen molar-refractivity contribution in [3.05, 3.63) is 36.0 Å². The second-order valence-corrected chi connectivity index (χ2v) is 5.27. The Kier molecular flexibility index (Phi) is 4.88. The minimum Gasteiger partial charge on any atom is -0.415 e. The normalized spacial score (nSPS) is 10.6. The van der Waals surface area contributed by atoms with Gasteiger partial charge < -0.3 is 4.42 Å². The maximum atomic E-state index is 5.47. The highest BCUT2D eigenvalue weighted by Gasteiger charge is 2.05. The average Bonchev–Trinajstić information content (AvgIpc) is 2.79. The Balaban J connectivity index is 1.78. The van der Waals surface area contributed by atoms with Gasteiger partial charge in [0.05, 0.1) is 5.75 Å². The van der Waals surface area contributed by atoms with E-state index in [1.54, 1.807) is 29.7 Å². The first-order chi connectivity index (χ1) is 8.38. The van der Waals surface area contributed by atoms with E-state index < -0.39 is 0 Å². The molecular weight excluding hydrogens is 254 g/mol. The highest BCUT2D eigenvalue weighted by atomic mass is 32.2. The van der Waals surface area contributed by atoms with Crippen molar-refractivity contribution >= 4 is 23.5 Å². The zero-order chi connectivity index (χ0) is 11.9. The van der Waals surface area contributed by atoms with Gasteiger partial charge in [0.2, 0.25) is 5.89 Å². The van der Waals surface area contributed by atoms with Crippen LogP contribution in [0.25, 0.3) is 0 Å². The fraction of sp³-hybridized carbons (Fsp3) is 0.364. The molecule has 2 aromatic heterocycles. The molecule has 0 saturated heterocycles. The largest absolute Gasteiger partial charge is 0.415 e. The molecule has 0 radical (unpaired) electrons. The van der Waals surface area contributed by atoms with Gasteiger partial charge in [0.1, 0.15) is 0 Å². The number of rotatable bonds is 6. The molecule has 0 saturated carbocycles. The molecule has 0 N–H and O–H groups in total. The summed E-state index contributed by atoms with van der Waals surface area (Å²) in [5.41, 5.74) is 1.23. The molecule has 0 spiro atoms. The lowest BCUT2D eigenvalue weighted by atomic mass is 10.2. The molecule has 0 aliphatic carbocycles. The molecule has 0 atom stereocenters. The van der Waals surface area contributed by atoms with Crippen LogP contribution in [0.5, 0.6) is 0 Å². The zero-order valence-corrected chi connectivity index (χ0v) is 11.1. The topological polar surface area (TPSA) is 51.8 Å². The molecular formula is C11H13N3OS2. The van der Waals surface area contributed by atoms with E-state index in [2.05, 4.69) is 21.2 Å². The Hall–Kier alpha value is -1.01. The number of pyridine rings is 1.